The molecule has 1 amide bonds. The summed E-state index contributed by atoms with van der Waals surface area (Å²) in [5, 5.41) is 9.88. The van der Waals surface area contributed by atoms with Crippen molar-refractivity contribution < 1.29 is 9.90 Å². The average molecular weight is 199 g/mol. The summed E-state index contributed by atoms with van der Waals surface area (Å²) in [5.74, 6) is 0.946. The molecule has 2 atom stereocenters. The van der Waals surface area contributed by atoms with Gasteiger partial charge >= 0.3 is 0 Å². The summed E-state index contributed by atoms with van der Waals surface area (Å²) in [6.45, 7) is 7.37. The number of carbonyl (C=O) groups is 1. The molecule has 1 aliphatic heterocycles. The monoisotopic (exact) mass is 199 g/mol. The summed E-state index contributed by atoms with van der Waals surface area (Å²) < 4.78 is 0. The van der Waals surface area contributed by atoms with Gasteiger partial charge in [0.1, 0.15) is 0 Å². The van der Waals surface area contributed by atoms with Gasteiger partial charge in [-0.15, -0.1) is 0 Å². The Balaban J connectivity index is 2.37. The molecule has 0 aromatic carbocycles. The fourth-order valence-corrected chi connectivity index (χ4v) is 2.06. The maximum Gasteiger partial charge on any atom is 0.219 e. The first kappa shape index (κ1) is 11.5. The zero-order chi connectivity index (χ0) is 10.7. The Morgan fingerprint density at radius 2 is 2.21 bits per heavy atom. The Hall–Kier alpha value is -0.570. The quantitative estimate of drug-likeness (QED) is 0.743. The molecule has 1 saturated heterocycles. The van der Waals surface area contributed by atoms with Gasteiger partial charge in [-0.1, -0.05) is 13.8 Å². The zero-order valence-electron chi connectivity index (χ0n) is 9.36. The molecule has 1 unspecified atom stereocenters. The fourth-order valence-electron chi connectivity index (χ4n) is 2.06. The van der Waals surface area contributed by atoms with Gasteiger partial charge in [0.05, 0.1) is 6.10 Å². The fraction of sp³-hybridized carbons (Fsp3) is 0.909. The first-order chi connectivity index (χ1) is 6.50. The number of amides is 1. The summed E-state index contributed by atoms with van der Waals surface area (Å²) in [7, 11) is 0. The van der Waals surface area contributed by atoms with E-state index < -0.39 is 0 Å². The highest BCUT2D eigenvalue weighted by molar-refractivity contribution is 5.73. The lowest BCUT2D eigenvalue weighted by Crippen LogP contribution is -2.29. The smallest absolute Gasteiger partial charge is 0.219 e. The van der Waals surface area contributed by atoms with Crippen LogP contribution >= 0.6 is 0 Å². The minimum Gasteiger partial charge on any atom is -0.393 e. The van der Waals surface area contributed by atoms with E-state index in [1.807, 2.05) is 4.90 Å². The van der Waals surface area contributed by atoms with Crippen LogP contribution in [0.3, 0.4) is 0 Å². The molecule has 3 nitrogen and oxygen atoms in total. The van der Waals surface area contributed by atoms with Crippen LogP contribution in [0, 0.1) is 11.8 Å². The number of hydrogen-bond donors (Lipinski definition) is 1. The molecule has 0 aliphatic carbocycles. The molecular weight excluding hydrogens is 178 g/mol. The third kappa shape index (κ3) is 2.98. The molecule has 1 fully saturated rings. The topological polar surface area (TPSA) is 40.5 Å². The van der Waals surface area contributed by atoms with E-state index in [0.717, 1.165) is 25.9 Å². The zero-order valence-corrected chi connectivity index (χ0v) is 9.36. The molecule has 1 N–H and O–H groups in total. The molecule has 1 rings (SSSR count). The third-order valence-corrected chi connectivity index (χ3v) is 2.93. The predicted octanol–water partition coefficient (Wildman–Crippen LogP) is 1.26. The summed E-state index contributed by atoms with van der Waals surface area (Å²) in [6, 6.07) is 0. The molecule has 1 aliphatic rings. The van der Waals surface area contributed by atoms with E-state index in [2.05, 4.69) is 13.8 Å². The molecule has 0 saturated carbocycles. The van der Waals surface area contributed by atoms with Gasteiger partial charge in [-0.25, -0.2) is 0 Å². The SMILES string of the molecule is CC(=O)N1CC[C@H](C(O)CC(C)C)C1. The van der Waals surface area contributed by atoms with Crippen molar-refractivity contribution in [3.63, 3.8) is 0 Å². The molecular formula is C11H21NO2. The van der Waals surface area contributed by atoms with Crippen molar-refractivity contribution in [1.82, 2.24) is 4.90 Å². The highest BCUT2D eigenvalue weighted by atomic mass is 16.3. The van der Waals surface area contributed by atoms with Crippen molar-refractivity contribution in [2.45, 2.75) is 39.7 Å². The van der Waals surface area contributed by atoms with Gasteiger partial charge in [-0.05, 0) is 18.8 Å². The minimum atomic E-state index is -0.237. The number of aliphatic hydroxyl groups is 1. The normalized spacial score (nSPS) is 24.4. The van der Waals surface area contributed by atoms with E-state index >= 15 is 0 Å². The predicted molar refractivity (Wildman–Crippen MR) is 55.8 cm³/mol. The van der Waals surface area contributed by atoms with Crippen LogP contribution < -0.4 is 0 Å². The molecule has 82 valence electrons. The van der Waals surface area contributed by atoms with Gasteiger partial charge < -0.3 is 10.0 Å². The summed E-state index contributed by atoms with van der Waals surface area (Å²) in [5.41, 5.74) is 0. The standard InChI is InChI=1S/C11H21NO2/c1-8(2)6-11(14)10-4-5-12(7-10)9(3)13/h8,10-11,14H,4-7H2,1-3H3/t10-,11?/m0/s1. The van der Waals surface area contributed by atoms with Crippen molar-refractivity contribution in [1.29, 1.82) is 0 Å². The Labute approximate surface area is 86.1 Å². The second-order valence-corrected chi connectivity index (χ2v) is 4.71. The lowest BCUT2D eigenvalue weighted by molar-refractivity contribution is -0.128. The van der Waals surface area contributed by atoms with Gasteiger partial charge in [0.15, 0.2) is 0 Å². The highest BCUT2D eigenvalue weighted by Crippen LogP contribution is 2.23. The number of likely N-dealkylation sites (tertiary alicyclic amines) is 1. The molecule has 3 heteroatoms. The Kier molecular flexibility index (Phi) is 3.93. The maximum absolute atomic E-state index is 11.1. The van der Waals surface area contributed by atoms with Crippen molar-refractivity contribution in [2.75, 3.05) is 13.1 Å². The van der Waals surface area contributed by atoms with Crippen LogP contribution in [0.25, 0.3) is 0 Å². The summed E-state index contributed by atoms with van der Waals surface area (Å²) in [4.78, 5) is 12.9. The van der Waals surface area contributed by atoms with Crippen LogP contribution in [-0.2, 0) is 4.79 Å². The number of aliphatic hydroxyl groups excluding tert-OH is 1. The van der Waals surface area contributed by atoms with E-state index in [4.69, 9.17) is 0 Å². The van der Waals surface area contributed by atoms with Gasteiger partial charge in [0.2, 0.25) is 5.91 Å². The van der Waals surface area contributed by atoms with Gasteiger partial charge in [0.25, 0.3) is 0 Å². The number of rotatable bonds is 3. The molecule has 1 heterocycles. The van der Waals surface area contributed by atoms with E-state index in [-0.39, 0.29) is 12.0 Å². The van der Waals surface area contributed by atoms with Crippen LogP contribution in [-0.4, -0.2) is 35.1 Å². The lowest BCUT2D eigenvalue weighted by Gasteiger charge is -2.20. The van der Waals surface area contributed by atoms with Crippen LogP contribution in [0.2, 0.25) is 0 Å². The maximum atomic E-state index is 11.1. The largest absolute Gasteiger partial charge is 0.393 e. The van der Waals surface area contributed by atoms with Gasteiger partial charge in [-0.2, -0.15) is 0 Å². The molecule has 0 bridgehead atoms. The summed E-state index contributed by atoms with van der Waals surface area (Å²) >= 11 is 0. The molecule has 0 aromatic heterocycles. The van der Waals surface area contributed by atoms with Crippen LogP contribution in [0.4, 0.5) is 0 Å². The Morgan fingerprint density at radius 1 is 1.57 bits per heavy atom. The first-order valence-electron chi connectivity index (χ1n) is 5.44. The van der Waals surface area contributed by atoms with E-state index in [1.54, 1.807) is 6.92 Å². The number of nitrogens with zero attached hydrogens (tertiary/aromatic N) is 1. The van der Waals surface area contributed by atoms with E-state index in [9.17, 15) is 9.90 Å². The van der Waals surface area contributed by atoms with Gasteiger partial charge in [-0.3, -0.25) is 4.79 Å². The number of hydrogen-bond acceptors (Lipinski definition) is 2. The highest BCUT2D eigenvalue weighted by Gasteiger charge is 2.29. The van der Waals surface area contributed by atoms with Crippen LogP contribution in [0.5, 0.6) is 0 Å². The molecule has 14 heavy (non-hydrogen) atoms. The van der Waals surface area contributed by atoms with E-state index in [1.165, 1.54) is 0 Å². The van der Waals surface area contributed by atoms with Crippen LogP contribution in [0.1, 0.15) is 33.6 Å². The number of carbonyl (C=O) groups excluding carboxylic acids is 1. The molecule has 0 radical (unpaired) electrons. The van der Waals surface area contributed by atoms with Crippen molar-refractivity contribution >= 4 is 5.91 Å². The Morgan fingerprint density at radius 3 is 2.64 bits per heavy atom. The van der Waals surface area contributed by atoms with Crippen molar-refractivity contribution in [2.24, 2.45) is 11.8 Å². The third-order valence-electron chi connectivity index (χ3n) is 2.93. The van der Waals surface area contributed by atoms with Crippen molar-refractivity contribution in [3.8, 4) is 0 Å². The lowest BCUT2D eigenvalue weighted by atomic mass is 9.94. The Bertz CT molecular complexity index is 203. The van der Waals surface area contributed by atoms with Crippen LogP contribution in [0.15, 0.2) is 0 Å². The van der Waals surface area contributed by atoms with Gasteiger partial charge in [0, 0.05) is 25.9 Å². The van der Waals surface area contributed by atoms with Crippen molar-refractivity contribution in [3.05, 3.63) is 0 Å². The average Bonchev–Trinajstić information content (AvgIpc) is 2.50. The second kappa shape index (κ2) is 4.78. The van der Waals surface area contributed by atoms with E-state index in [0.29, 0.717) is 11.8 Å². The molecule has 0 aromatic rings. The first-order valence-corrected chi connectivity index (χ1v) is 5.44. The second-order valence-electron chi connectivity index (χ2n) is 4.71. The molecule has 0 spiro atoms. The summed E-state index contributed by atoms with van der Waals surface area (Å²) in [6.07, 6.45) is 1.56. The minimum absolute atomic E-state index is 0.129.